The Morgan fingerprint density at radius 3 is 2.56 bits per heavy atom. The smallest absolute Gasteiger partial charge is 0.337 e. The van der Waals surface area contributed by atoms with Gasteiger partial charge in [-0.15, -0.1) is 12.4 Å². The summed E-state index contributed by atoms with van der Waals surface area (Å²) >= 11 is 0. The van der Waals surface area contributed by atoms with Gasteiger partial charge in [-0.3, -0.25) is 0 Å². The molecule has 0 atom stereocenters. The summed E-state index contributed by atoms with van der Waals surface area (Å²) in [5.74, 6) is -0.563. The molecule has 2 N–H and O–H groups in total. The topological polar surface area (TPSA) is 82.8 Å². The summed E-state index contributed by atoms with van der Waals surface area (Å²) in [6.07, 6.45) is -2.11. The third kappa shape index (κ3) is 2.98. The van der Waals surface area contributed by atoms with Crippen LogP contribution >= 0.6 is 12.4 Å². The lowest BCUT2D eigenvalue weighted by Gasteiger charge is -2.34. The fourth-order valence-electron chi connectivity index (χ4n) is 2.89. The van der Waals surface area contributed by atoms with E-state index in [1.54, 1.807) is 18.2 Å². The Morgan fingerprint density at radius 2 is 1.92 bits per heavy atom. The first-order chi connectivity index (χ1) is 11.4. The van der Waals surface area contributed by atoms with Crippen molar-refractivity contribution in [2.75, 3.05) is 0 Å². The van der Waals surface area contributed by atoms with Gasteiger partial charge in [0, 0.05) is 0 Å². The maximum Gasteiger partial charge on any atom is 0.449 e. The SMILES string of the molecule is Cl.NC1(c2noc(Cn3c(C(F)(F)F)nc4ccccc43)n2)CCC1. The van der Waals surface area contributed by atoms with Crippen molar-refractivity contribution in [2.45, 2.75) is 37.5 Å². The summed E-state index contributed by atoms with van der Waals surface area (Å²) in [5, 5.41) is 3.84. The standard InChI is InChI=1S/C15H14F3N5O.ClH/c16-15(17,18)13-20-9-4-1-2-5-10(9)23(13)8-11-21-12(22-24-11)14(19)6-3-7-14;/h1-2,4-5H,3,6-8,19H2;1H. The fourth-order valence-corrected chi connectivity index (χ4v) is 2.89. The average molecular weight is 374 g/mol. The minimum Gasteiger partial charge on any atom is -0.337 e. The van der Waals surface area contributed by atoms with Crippen molar-refractivity contribution in [3.63, 3.8) is 0 Å². The Hall–Kier alpha value is -2.13. The summed E-state index contributed by atoms with van der Waals surface area (Å²) in [6, 6.07) is 6.40. The molecule has 134 valence electrons. The predicted molar refractivity (Wildman–Crippen MR) is 85.1 cm³/mol. The minimum atomic E-state index is -4.58. The van der Waals surface area contributed by atoms with Crippen LogP contribution in [0.1, 0.15) is 36.8 Å². The number of nitrogens with zero attached hydrogens (tertiary/aromatic N) is 4. The monoisotopic (exact) mass is 373 g/mol. The molecule has 0 unspecified atom stereocenters. The molecule has 25 heavy (non-hydrogen) atoms. The second-order valence-electron chi connectivity index (χ2n) is 6.03. The first-order valence-corrected chi connectivity index (χ1v) is 7.51. The summed E-state index contributed by atoms with van der Waals surface area (Å²) in [4.78, 5) is 7.88. The maximum atomic E-state index is 13.3. The lowest BCUT2D eigenvalue weighted by atomic mass is 9.77. The van der Waals surface area contributed by atoms with Gasteiger partial charge in [0.25, 0.3) is 0 Å². The first kappa shape index (κ1) is 17.7. The summed E-state index contributed by atoms with van der Waals surface area (Å²) < 4.78 is 46.0. The molecule has 10 heteroatoms. The third-order valence-electron chi connectivity index (χ3n) is 4.36. The van der Waals surface area contributed by atoms with Crippen LogP contribution in [0.15, 0.2) is 28.8 Å². The van der Waals surface area contributed by atoms with Crippen LogP contribution in [0, 0.1) is 0 Å². The molecule has 1 saturated carbocycles. The normalized spacial score (nSPS) is 16.5. The van der Waals surface area contributed by atoms with Gasteiger partial charge < -0.3 is 14.8 Å². The second-order valence-corrected chi connectivity index (χ2v) is 6.03. The fraction of sp³-hybridized carbons (Fsp3) is 0.400. The maximum absolute atomic E-state index is 13.3. The summed E-state index contributed by atoms with van der Waals surface area (Å²) in [7, 11) is 0. The van der Waals surface area contributed by atoms with E-state index in [1.165, 1.54) is 6.07 Å². The van der Waals surface area contributed by atoms with Gasteiger partial charge in [0.1, 0.15) is 6.54 Å². The molecule has 6 nitrogen and oxygen atoms in total. The Morgan fingerprint density at radius 1 is 1.20 bits per heavy atom. The van der Waals surface area contributed by atoms with Crippen LogP contribution in [-0.2, 0) is 18.3 Å². The Bertz CT molecular complexity index is 900. The van der Waals surface area contributed by atoms with E-state index in [4.69, 9.17) is 10.3 Å². The number of hydrogen-bond donors (Lipinski definition) is 1. The lowest BCUT2D eigenvalue weighted by Crippen LogP contribution is -2.44. The van der Waals surface area contributed by atoms with Gasteiger partial charge in [-0.05, 0) is 31.4 Å². The number of hydrogen-bond acceptors (Lipinski definition) is 5. The van der Waals surface area contributed by atoms with Gasteiger partial charge in [-0.1, -0.05) is 17.3 Å². The van der Waals surface area contributed by atoms with Gasteiger partial charge in [0.15, 0.2) is 5.82 Å². The van der Waals surface area contributed by atoms with Gasteiger partial charge in [0.05, 0.1) is 16.6 Å². The number of rotatable bonds is 3. The number of imidazole rings is 1. The van der Waals surface area contributed by atoms with E-state index in [1.807, 2.05) is 0 Å². The Labute approximate surface area is 146 Å². The summed E-state index contributed by atoms with van der Waals surface area (Å²) in [6.45, 7) is -0.210. The van der Waals surface area contributed by atoms with Crippen molar-refractivity contribution in [1.29, 1.82) is 0 Å². The van der Waals surface area contributed by atoms with Crippen LogP contribution in [0.5, 0.6) is 0 Å². The number of para-hydroxylation sites is 2. The highest BCUT2D eigenvalue weighted by atomic mass is 35.5. The van der Waals surface area contributed by atoms with E-state index in [-0.39, 0.29) is 30.4 Å². The van der Waals surface area contributed by atoms with Crippen molar-refractivity contribution in [2.24, 2.45) is 5.73 Å². The highest BCUT2D eigenvalue weighted by Crippen LogP contribution is 2.37. The minimum absolute atomic E-state index is 0. The molecular weight excluding hydrogens is 359 g/mol. The number of alkyl halides is 3. The predicted octanol–water partition coefficient (Wildman–Crippen LogP) is 3.25. The van der Waals surface area contributed by atoms with Gasteiger partial charge in [0.2, 0.25) is 11.7 Å². The van der Waals surface area contributed by atoms with Gasteiger partial charge in [-0.25, -0.2) is 4.98 Å². The van der Waals surface area contributed by atoms with Gasteiger partial charge in [-0.2, -0.15) is 18.2 Å². The molecule has 3 aromatic rings. The zero-order chi connectivity index (χ0) is 16.9. The van der Waals surface area contributed by atoms with Gasteiger partial charge >= 0.3 is 6.18 Å². The summed E-state index contributed by atoms with van der Waals surface area (Å²) in [5.41, 5.74) is 6.12. The number of nitrogens with two attached hydrogens (primary N) is 1. The molecular formula is C15H15ClF3N5O. The Balaban J connectivity index is 0.00000182. The molecule has 0 spiro atoms. The molecule has 2 heterocycles. The van der Waals surface area contributed by atoms with E-state index < -0.39 is 17.5 Å². The molecule has 2 aromatic heterocycles. The van der Waals surface area contributed by atoms with Crippen LogP contribution in [0.25, 0.3) is 11.0 Å². The number of benzene rings is 1. The number of aromatic nitrogens is 4. The molecule has 1 aliphatic carbocycles. The largest absolute Gasteiger partial charge is 0.449 e. The van der Waals surface area contributed by atoms with Crippen molar-refractivity contribution < 1.29 is 17.7 Å². The van der Waals surface area contributed by atoms with Crippen LogP contribution in [0.3, 0.4) is 0 Å². The van der Waals surface area contributed by atoms with Crippen molar-refractivity contribution >= 4 is 23.4 Å². The van der Waals surface area contributed by atoms with Crippen LogP contribution in [0.2, 0.25) is 0 Å². The van der Waals surface area contributed by atoms with Crippen LogP contribution in [0.4, 0.5) is 13.2 Å². The Kier molecular flexibility index (Phi) is 4.24. The molecule has 4 rings (SSSR count). The van der Waals surface area contributed by atoms with Crippen molar-refractivity contribution in [3.8, 4) is 0 Å². The highest BCUT2D eigenvalue weighted by Gasteiger charge is 2.40. The average Bonchev–Trinajstić information content (AvgIpc) is 3.10. The number of fused-ring (bicyclic) bond motifs is 1. The zero-order valence-electron chi connectivity index (χ0n) is 13.0. The lowest BCUT2D eigenvalue weighted by molar-refractivity contribution is -0.146. The molecule has 0 radical (unpaired) electrons. The first-order valence-electron chi connectivity index (χ1n) is 7.51. The quantitative estimate of drug-likeness (QED) is 0.762. The van der Waals surface area contributed by atoms with Crippen molar-refractivity contribution in [3.05, 3.63) is 41.8 Å². The highest BCUT2D eigenvalue weighted by molar-refractivity contribution is 5.85. The van der Waals surface area contributed by atoms with Crippen LogP contribution < -0.4 is 5.73 Å². The molecule has 0 bridgehead atoms. The molecule has 1 aromatic carbocycles. The zero-order valence-corrected chi connectivity index (χ0v) is 13.8. The molecule has 0 aliphatic heterocycles. The molecule has 0 saturated heterocycles. The van der Waals surface area contributed by atoms with E-state index >= 15 is 0 Å². The van der Waals surface area contributed by atoms with Crippen LogP contribution in [-0.4, -0.2) is 19.7 Å². The third-order valence-corrected chi connectivity index (χ3v) is 4.36. The molecule has 1 fully saturated rings. The number of halogens is 4. The molecule has 0 amide bonds. The second kappa shape index (κ2) is 5.99. The van der Waals surface area contributed by atoms with E-state index in [0.29, 0.717) is 11.3 Å². The molecule has 1 aliphatic rings. The van der Waals surface area contributed by atoms with E-state index in [0.717, 1.165) is 23.8 Å². The van der Waals surface area contributed by atoms with E-state index in [2.05, 4.69) is 15.1 Å². The van der Waals surface area contributed by atoms with E-state index in [9.17, 15) is 13.2 Å². The van der Waals surface area contributed by atoms with Crippen molar-refractivity contribution in [1.82, 2.24) is 19.7 Å².